The molecule has 1 heterocycles. The monoisotopic (exact) mass is 365 g/mol. The zero-order valence-electron chi connectivity index (χ0n) is 11.2. The Labute approximate surface area is 142 Å². The summed E-state index contributed by atoms with van der Waals surface area (Å²) in [6.07, 6.45) is 0. The summed E-state index contributed by atoms with van der Waals surface area (Å²) in [5.74, 6) is 0. The third kappa shape index (κ3) is 1.99. The van der Waals surface area contributed by atoms with Crippen LogP contribution in [0.3, 0.4) is 0 Å². The van der Waals surface area contributed by atoms with Gasteiger partial charge in [-0.15, -0.1) is 0 Å². The van der Waals surface area contributed by atoms with Crippen molar-refractivity contribution in [3.8, 4) is 0 Å². The highest BCUT2D eigenvalue weighted by Gasteiger charge is 2.15. The molecule has 0 saturated heterocycles. The van der Waals surface area contributed by atoms with Gasteiger partial charge in [-0.2, -0.15) is 0 Å². The zero-order chi connectivity index (χ0) is 16.3. The molecule has 2 aliphatic rings. The summed E-state index contributed by atoms with van der Waals surface area (Å²) in [6.45, 7) is 0. The van der Waals surface area contributed by atoms with Gasteiger partial charge in [-0.05, 0) is 6.07 Å². The molecular weight excluding hydrogens is 361 g/mol. The first kappa shape index (κ1) is 14.6. The first-order valence-corrected chi connectivity index (χ1v) is 7.67. The van der Waals surface area contributed by atoms with Crippen molar-refractivity contribution in [2.24, 2.45) is 0 Å². The van der Waals surface area contributed by atoms with Crippen LogP contribution in [0.5, 0.6) is 0 Å². The van der Waals surface area contributed by atoms with E-state index in [4.69, 9.17) is 39.2 Å². The molecule has 0 spiro atoms. The van der Waals surface area contributed by atoms with Crippen molar-refractivity contribution in [1.29, 1.82) is 0 Å². The summed E-state index contributed by atoms with van der Waals surface area (Å²) in [5, 5.41) is 1.19. The smallest absolute Gasteiger partial charge is 0.231 e. The van der Waals surface area contributed by atoms with E-state index in [1.165, 1.54) is 6.07 Å². The fraction of sp³-hybridized carbons (Fsp3) is 0. The third-order valence-corrected chi connectivity index (χ3v) is 4.73. The van der Waals surface area contributed by atoms with Gasteiger partial charge in [0.15, 0.2) is 5.58 Å². The average molecular weight is 367 g/mol. The van der Waals surface area contributed by atoms with E-state index in [-0.39, 0.29) is 47.7 Å². The second-order valence-electron chi connectivity index (χ2n) is 4.99. The van der Waals surface area contributed by atoms with Crippen LogP contribution in [0.4, 0.5) is 0 Å². The van der Waals surface area contributed by atoms with E-state index in [2.05, 4.69) is 4.98 Å². The minimum atomic E-state index is -0.393. The van der Waals surface area contributed by atoms with Crippen LogP contribution >= 0.6 is 34.8 Å². The SMILES string of the molecule is O=c1c2[nH]c3c(Cl)c(Cl)cc(Cl)c3oc=2c(=O)c2ccccc12. The van der Waals surface area contributed by atoms with Crippen molar-refractivity contribution >= 4 is 56.7 Å². The number of aromatic amines is 1. The molecule has 0 aromatic heterocycles. The summed E-state index contributed by atoms with van der Waals surface area (Å²) in [5.41, 5.74) is -0.409. The number of halogens is 3. The zero-order valence-corrected chi connectivity index (χ0v) is 13.5. The molecule has 23 heavy (non-hydrogen) atoms. The molecule has 1 aliphatic heterocycles. The Hall–Kier alpha value is -2.01. The molecule has 0 unspecified atom stereocenters. The predicted octanol–water partition coefficient (Wildman–Crippen LogP) is 4.32. The van der Waals surface area contributed by atoms with Gasteiger partial charge < -0.3 is 9.40 Å². The van der Waals surface area contributed by atoms with Gasteiger partial charge in [0.1, 0.15) is 10.9 Å². The second-order valence-corrected chi connectivity index (χ2v) is 6.19. The van der Waals surface area contributed by atoms with Crippen LogP contribution in [-0.2, 0) is 0 Å². The van der Waals surface area contributed by atoms with Gasteiger partial charge in [-0.3, -0.25) is 9.59 Å². The van der Waals surface area contributed by atoms with Gasteiger partial charge in [-0.25, -0.2) is 0 Å². The minimum Gasteiger partial charge on any atom is -0.447 e. The molecule has 0 bridgehead atoms. The van der Waals surface area contributed by atoms with Gasteiger partial charge in [0.05, 0.1) is 15.1 Å². The van der Waals surface area contributed by atoms with Crippen LogP contribution in [-0.4, -0.2) is 4.98 Å². The topological polar surface area (TPSA) is 63.1 Å². The van der Waals surface area contributed by atoms with Gasteiger partial charge in [-0.1, -0.05) is 59.1 Å². The maximum atomic E-state index is 12.6. The lowest BCUT2D eigenvalue weighted by molar-refractivity contribution is 0.556. The Bertz CT molecular complexity index is 1290. The van der Waals surface area contributed by atoms with Crippen molar-refractivity contribution in [2.75, 3.05) is 0 Å². The lowest BCUT2D eigenvalue weighted by Gasteiger charge is -2.06. The van der Waals surface area contributed by atoms with Crippen molar-refractivity contribution in [3.63, 3.8) is 0 Å². The lowest BCUT2D eigenvalue weighted by atomic mass is 10.1. The molecule has 4 nitrogen and oxygen atoms in total. The summed E-state index contributed by atoms with van der Waals surface area (Å²) >= 11 is 18.2. The van der Waals surface area contributed by atoms with Crippen molar-refractivity contribution in [2.45, 2.75) is 0 Å². The molecule has 2 aromatic rings. The van der Waals surface area contributed by atoms with E-state index < -0.39 is 5.43 Å². The van der Waals surface area contributed by atoms with Crippen LogP contribution < -0.4 is 10.9 Å². The third-order valence-electron chi connectivity index (χ3n) is 3.66. The Morgan fingerprint density at radius 1 is 0.913 bits per heavy atom. The number of benzene rings is 2. The molecule has 0 atom stereocenters. The van der Waals surface area contributed by atoms with E-state index in [0.717, 1.165) is 0 Å². The summed E-state index contributed by atoms with van der Waals surface area (Å²) in [4.78, 5) is 28.1. The number of fused-ring (bicyclic) bond motifs is 2. The Balaban J connectivity index is 2.42. The second kappa shape index (κ2) is 4.99. The Morgan fingerprint density at radius 2 is 1.57 bits per heavy atom. The van der Waals surface area contributed by atoms with Crippen LogP contribution in [0.15, 0.2) is 44.3 Å². The normalized spacial score (nSPS) is 11.6. The van der Waals surface area contributed by atoms with Crippen LogP contribution in [0.2, 0.25) is 15.1 Å². The van der Waals surface area contributed by atoms with E-state index in [1.54, 1.807) is 24.3 Å². The predicted molar refractivity (Wildman–Crippen MR) is 90.9 cm³/mol. The maximum Gasteiger partial charge on any atom is 0.231 e. The number of hydrogen-bond acceptors (Lipinski definition) is 3. The summed E-state index contributed by atoms with van der Waals surface area (Å²) in [7, 11) is 0. The maximum absolute atomic E-state index is 12.6. The number of aromatic nitrogens is 1. The molecule has 0 radical (unpaired) electrons. The Morgan fingerprint density at radius 3 is 2.26 bits per heavy atom. The fourth-order valence-electron chi connectivity index (χ4n) is 2.58. The van der Waals surface area contributed by atoms with Crippen LogP contribution in [0, 0.1) is 10.8 Å². The van der Waals surface area contributed by atoms with Gasteiger partial charge in [0.25, 0.3) is 0 Å². The molecule has 114 valence electrons. The molecule has 2 aromatic carbocycles. The average Bonchev–Trinajstić information content (AvgIpc) is 2.56. The minimum absolute atomic E-state index is 0.0291. The number of hydrogen-bond donors (Lipinski definition) is 1. The summed E-state index contributed by atoms with van der Waals surface area (Å²) in [6, 6.07) is 7.95. The number of H-pyrrole nitrogens is 1. The fourth-order valence-corrected chi connectivity index (χ4v) is 3.27. The molecular formula is C16H6Cl3NO3. The lowest BCUT2D eigenvalue weighted by Crippen LogP contribution is -2.16. The van der Waals surface area contributed by atoms with Crippen LogP contribution in [0.25, 0.3) is 21.9 Å². The number of nitrogens with one attached hydrogen (secondary N) is 1. The standard InChI is InChI=1S/C16H6Cl3NO3/c17-8-5-9(18)15-11(10(8)19)20-12-13(21)6-3-1-2-4-7(6)14(22)16(12)23-15/h1-5,20H. The number of rotatable bonds is 0. The van der Waals surface area contributed by atoms with Gasteiger partial charge in [0.2, 0.25) is 16.3 Å². The highest BCUT2D eigenvalue weighted by molar-refractivity contribution is 6.47. The first-order chi connectivity index (χ1) is 11.0. The van der Waals surface area contributed by atoms with Crippen molar-refractivity contribution in [3.05, 3.63) is 76.6 Å². The molecule has 4 rings (SSSR count). The molecule has 1 aliphatic carbocycles. The van der Waals surface area contributed by atoms with E-state index in [9.17, 15) is 9.59 Å². The Kier molecular flexibility index (Phi) is 3.17. The highest BCUT2D eigenvalue weighted by Crippen LogP contribution is 2.34. The van der Waals surface area contributed by atoms with E-state index in [1.807, 2.05) is 0 Å². The molecule has 7 heteroatoms. The van der Waals surface area contributed by atoms with Crippen LogP contribution in [0.1, 0.15) is 0 Å². The highest BCUT2D eigenvalue weighted by atomic mass is 35.5. The van der Waals surface area contributed by atoms with Gasteiger partial charge in [0, 0.05) is 10.8 Å². The quantitative estimate of drug-likeness (QED) is 0.471. The largest absolute Gasteiger partial charge is 0.447 e. The first-order valence-electron chi connectivity index (χ1n) is 6.54. The molecule has 1 N–H and O–H groups in total. The van der Waals surface area contributed by atoms with Gasteiger partial charge >= 0.3 is 0 Å². The summed E-state index contributed by atoms with van der Waals surface area (Å²) < 4.78 is 5.61. The molecule has 0 fully saturated rings. The van der Waals surface area contributed by atoms with E-state index in [0.29, 0.717) is 5.39 Å². The van der Waals surface area contributed by atoms with E-state index >= 15 is 0 Å². The molecule has 0 amide bonds. The van der Waals surface area contributed by atoms with Crippen molar-refractivity contribution < 1.29 is 4.42 Å². The molecule has 0 saturated carbocycles. The van der Waals surface area contributed by atoms with Crippen molar-refractivity contribution in [1.82, 2.24) is 4.98 Å².